The number of hydrogen-bond acceptors (Lipinski definition) is 4. The third kappa shape index (κ3) is 1.88. The third-order valence-electron chi connectivity index (χ3n) is 3.69. The Hall–Kier alpha value is -1.84. The van der Waals surface area contributed by atoms with Gasteiger partial charge < -0.3 is 10.5 Å². The number of methoxy groups -OCH3 is 1. The van der Waals surface area contributed by atoms with E-state index < -0.39 is 0 Å². The summed E-state index contributed by atoms with van der Waals surface area (Å²) in [6.45, 7) is 0. The van der Waals surface area contributed by atoms with Gasteiger partial charge in [0.05, 0.1) is 18.3 Å². The van der Waals surface area contributed by atoms with Crippen molar-refractivity contribution >= 4 is 16.9 Å². The van der Waals surface area contributed by atoms with E-state index in [4.69, 9.17) is 10.5 Å². The van der Waals surface area contributed by atoms with E-state index in [1.165, 1.54) is 25.7 Å². The van der Waals surface area contributed by atoms with E-state index >= 15 is 0 Å². The first-order chi connectivity index (χ1) is 8.78. The zero-order chi connectivity index (χ0) is 12.5. The molecule has 0 atom stereocenters. The van der Waals surface area contributed by atoms with Gasteiger partial charge in [-0.15, -0.1) is 0 Å². The fraction of sp³-hybridized carbons (Fsp3) is 0.429. The second kappa shape index (κ2) is 4.44. The van der Waals surface area contributed by atoms with Crippen LogP contribution in [0, 0.1) is 0 Å². The number of nitrogen functional groups attached to an aromatic ring is 1. The molecular weight excluding hydrogens is 226 g/mol. The molecule has 18 heavy (non-hydrogen) atoms. The van der Waals surface area contributed by atoms with Crippen molar-refractivity contribution in [3.8, 4) is 5.75 Å². The molecule has 1 fully saturated rings. The van der Waals surface area contributed by atoms with Gasteiger partial charge in [0.2, 0.25) is 5.95 Å². The van der Waals surface area contributed by atoms with Gasteiger partial charge in [-0.05, 0) is 31.0 Å². The van der Waals surface area contributed by atoms with Crippen molar-refractivity contribution in [2.24, 2.45) is 0 Å². The van der Waals surface area contributed by atoms with Crippen LogP contribution in [0.5, 0.6) is 5.75 Å². The summed E-state index contributed by atoms with van der Waals surface area (Å²) < 4.78 is 5.28. The molecule has 0 bridgehead atoms. The van der Waals surface area contributed by atoms with Crippen molar-refractivity contribution in [2.75, 3.05) is 12.8 Å². The van der Waals surface area contributed by atoms with Crippen LogP contribution in [-0.2, 0) is 0 Å². The first-order valence-corrected chi connectivity index (χ1v) is 6.39. The molecule has 0 spiro atoms. The van der Waals surface area contributed by atoms with Crippen molar-refractivity contribution in [3.63, 3.8) is 0 Å². The fourth-order valence-corrected chi connectivity index (χ4v) is 2.79. The zero-order valence-corrected chi connectivity index (χ0v) is 10.5. The molecule has 0 saturated heterocycles. The second-order valence-electron chi connectivity index (χ2n) is 4.83. The molecule has 4 heteroatoms. The lowest BCUT2D eigenvalue weighted by Crippen LogP contribution is -2.04. The molecule has 1 saturated carbocycles. The lowest BCUT2D eigenvalue weighted by molar-refractivity contribution is 0.415. The Kier molecular flexibility index (Phi) is 2.78. The maximum atomic E-state index is 5.81. The highest BCUT2D eigenvalue weighted by Crippen LogP contribution is 2.37. The quantitative estimate of drug-likeness (QED) is 0.881. The van der Waals surface area contributed by atoms with Gasteiger partial charge in [0, 0.05) is 11.3 Å². The van der Waals surface area contributed by atoms with Crippen LogP contribution >= 0.6 is 0 Å². The molecular formula is C14H17N3O. The Bertz CT molecular complexity index is 577. The van der Waals surface area contributed by atoms with E-state index in [9.17, 15) is 0 Å². The van der Waals surface area contributed by atoms with Crippen LogP contribution in [-0.4, -0.2) is 17.1 Å². The van der Waals surface area contributed by atoms with E-state index in [0.717, 1.165) is 22.3 Å². The Morgan fingerprint density at radius 2 is 2.00 bits per heavy atom. The Labute approximate surface area is 106 Å². The molecule has 3 rings (SSSR count). The summed E-state index contributed by atoms with van der Waals surface area (Å²) in [5, 5.41) is 1.08. The van der Waals surface area contributed by atoms with Crippen molar-refractivity contribution in [3.05, 3.63) is 23.9 Å². The summed E-state index contributed by atoms with van der Waals surface area (Å²) >= 11 is 0. The number of hydrogen-bond donors (Lipinski definition) is 1. The van der Waals surface area contributed by atoms with Crippen LogP contribution in [0.25, 0.3) is 10.9 Å². The number of ether oxygens (including phenoxy) is 1. The Morgan fingerprint density at radius 3 is 2.72 bits per heavy atom. The van der Waals surface area contributed by atoms with Crippen LogP contribution in [0.15, 0.2) is 18.2 Å². The number of anilines is 1. The maximum absolute atomic E-state index is 5.81. The number of rotatable bonds is 2. The molecule has 1 aromatic heterocycles. The molecule has 2 N–H and O–H groups in total. The molecule has 4 nitrogen and oxygen atoms in total. The highest BCUT2D eigenvalue weighted by molar-refractivity contribution is 5.83. The van der Waals surface area contributed by atoms with Crippen LogP contribution < -0.4 is 10.5 Å². The fourth-order valence-electron chi connectivity index (χ4n) is 2.79. The van der Waals surface area contributed by atoms with Gasteiger partial charge >= 0.3 is 0 Å². The molecule has 0 unspecified atom stereocenters. The number of fused-ring (bicyclic) bond motifs is 1. The van der Waals surface area contributed by atoms with Gasteiger partial charge in [-0.1, -0.05) is 12.8 Å². The number of nitrogens with two attached hydrogens (primary N) is 1. The van der Waals surface area contributed by atoms with E-state index in [1.54, 1.807) is 7.11 Å². The number of aromatic nitrogens is 2. The highest BCUT2D eigenvalue weighted by Gasteiger charge is 2.21. The van der Waals surface area contributed by atoms with E-state index in [1.807, 2.05) is 18.2 Å². The van der Waals surface area contributed by atoms with Crippen LogP contribution in [0.4, 0.5) is 5.95 Å². The van der Waals surface area contributed by atoms with Crippen molar-refractivity contribution in [1.82, 2.24) is 9.97 Å². The summed E-state index contributed by atoms with van der Waals surface area (Å²) in [5.41, 5.74) is 7.81. The van der Waals surface area contributed by atoms with Crippen LogP contribution in [0.3, 0.4) is 0 Å². The summed E-state index contributed by atoms with van der Waals surface area (Å²) in [6.07, 6.45) is 4.95. The Balaban J connectivity index is 2.20. The molecule has 0 amide bonds. The predicted molar refractivity (Wildman–Crippen MR) is 71.7 cm³/mol. The smallest absolute Gasteiger partial charge is 0.220 e. The van der Waals surface area contributed by atoms with Gasteiger partial charge in [-0.25, -0.2) is 9.97 Å². The average Bonchev–Trinajstić information content (AvgIpc) is 2.91. The van der Waals surface area contributed by atoms with Gasteiger partial charge in [-0.3, -0.25) is 0 Å². The molecule has 1 aromatic carbocycles. The molecule has 1 heterocycles. The van der Waals surface area contributed by atoms with Crippen LogP contribution in [0.2, 0.25) is 0 Å². The lowest BCUT2D eigenvalue weighted by atomic mass is 9.99. The molecule has 1 aliphatic carbocycles. The average molecular weight is 243 g/mol. The normalized spacial score (nSPS) is 16.3. The summed E-state index contributed by atoms with van der Waals surface area (Å²) in [5.74, 6) is 1.73. The Morgan fingerprint density at radius 1 is 1.22 bits per heavy atom. The maximum Gasteiger partial charge on any atom is 0.220 e. The molecule has 0 aliphatic heterocycles. The number of nitrogens with zero attached hydrogens (tertiary/aromatic N) is 2. The molecule has 0 radical (unpaired) electrons. The largest absolute Gasteiger partial charge is 0.497 e. The van der Waals surface area contributed by atoms with Crippen molar-refractivity contribution < 1.29 is 4.74 Å². The number of benzene rings is 1. The van der Waals surface area contributed by atoms with Crippen LogP contribution in [0.1, 0.15) is 37.3 Å². The second-order valence-corrected chi connectivity index (χ2v) is 4.83. The van der Waals surface area contributed by atoms with Gasteiger partial charge in [0.25, 0.3) is 0 Å². The predicted octanol–water partition coefficient (Wildman–Crippen LogP) is 2.88. The first-order valence-electron chi connectivity index (χ1n) is 6.39. The SMILES string of the molecule is COc1ccc2nc(N)nc(C3CCCC3)c2c1. The van der Waals surface area contributed by atoms with Gasteiger partial charge in [0.15, 0.2) is 0 Å². The third-order valence-corrected chi connectivity index (χ3v) is 3.69. The van der Waals surface area contributed by atoms with Crippen molar-refractivity contribution in [2.45, 2.75) is 31.6 Å². The minimum atomic E-state index is 0.370. The van der Waals surface area contributed by atoms with Gasteiger partial charge in [-0.2, -0.15) is 0 Å². The van der Waals surface area contributed by atoms with Crippen molar-refractivity contribution in [1.29, 1.82) is 0 Å². The van der Waals surface area contributed by atoms with E-state index in [0.29, 0.717) is 11.9 Å². The monoisotopic (exact) mass is 243 g/mol. The summed E-state index contributed by atoms with van der Waals surface area (Å²) in [4.78, 5) is 8.76. The molecule has 2 aromatic rings. The highest BCUT2D eigenvalue weighted by atomic mass is 16.5. The minimum Gasteiger partial charge on any atom is -0.497 e. The lowest BCUT2D eigenvalue weighted by Gasteiger charge is -2.13. The molecule has 94 valence electrons. The summed E-state index contributed by atoms with van der Waals surface area (Å²) in [6, 6.07) is 5.88. The van der Waals surface area contributed by atoms with E-state index in [-0.39, 0.29) is 0 Å². The van der Waals surface area contributed by atoms with E-state index in [2.05, 4.69) is 9.97 Å². The van der Waals surface area contributed by atoms with Gasteiger partial charge in [0.1, 0.15) is 5.75 Å². The standard InChI is InChI=1S/C14H17N3O/c1-18-10-6-7-12-11(8-10)13(17-14(15)16-12)9-4-2-3-5-9/h6-9H,2-5H2,1H3,(H2,15,16,17). The minimum absolute atomic E-state index is 0.370. The zero-order valence-electron chi connectivity index (χ0n) is 10.5. The summed E-state index contributed by atoms with van der Waals surface area (Å²) in [7, 11) is 1.68. The molecule has 1 aliphatic rings. The topological polar surface area (TPSA) is 61.0 Å². The first kappa shape index (κ1) is 11.3.